The number of aryl methyl sites for hydroxylation is 1. The zero-order valence-corrected chi connectivity index (χ0v) is 11.5. The molecule has 88 valence electrons. The molecule has 0 aliphatic heterocycles. The summed E-state index contributed by atoms with van der Waals surface area (Å²) in [5.74, 6) is 0.593. The van der Waals surface area contributed by atoms with Crippen LogP contribution in [0.5, 0.6) is 0 Å². The van der Waals surface area contributed by atoms with Crippen LogP contribution in [0.2, 0.25) is 0 Å². The molecule has 2 N–H and O–H groups in total. The molecule has 0 saturated heterocycles. The van der Waals surface area contributed by atoms with Crippen LogP contribution in [0.1, 0.15) is 12.5 Å². The summed E-state index contributed by atoms with van der Waals surface area (Å²) in [4.78, 5) is 18.1. The van der Waals surface area contributed by atoms with E-state index in [0.29, 0.717) is 9.39 Å². The predicted octanol–water partition coefficient (Wildman–Crippen LogP) is 2.68. The SMILES string of the molecule is CCc1ccccc1Nc1nc[nH]c(=O)c1I. The molecule has 0 bridgehead atoms. The van der Waals surface area contributed by atoms with Crippen molar-refractivity contribution in [2.24, 2.45) is 0 Å². The third-order valence-corrected chi connectivity index (χ3v) is 3.45. The lowest BCUT2D eigenvalue weighted by molar-refractivity contribution is 1.09. The van der Waals surface area contributed by atoms with E-state index in [1.165, 1.54) is 11.9 Å². The normalized spacial score (nSPS) is 10.2. The van der Waals surface area contributed by atoms with Crippen molar-refractivity contribution >= 4 is 34.1 Å². The number of hydrogen-bond donors (Lipinski definition) is 2. The summed E-state index contributed by atoms with van der Waals surface area (Å²) >= 11 is 1.99. The van der Waals surface area contributed by atoms with Gasteiger partial charge in [-0.15, -0.1) is 0 Å². The van der Waals surface area contributed by atoms with Gasteiger partial charge in [-0.25, -0.2) is 4.98 Å². The molecular weight excluding hydrogens is 329 g/mol. The maximum Gasteiger partial charge on any atom is 0.266 e. The first-order valence-corrected chi connectivity index (χ1v) is 6.38. The largest absolute Gasteiger partial charge is 0.339 e. The number of para-hydroxylation sites is 1. The van der Waals surface area contributed by atoms with Gasteiger partial charge in [0, 0.05) is 5.69 Å². The van der Waals surface area contributed by atoms with E-state index < -0.39 is 0 Å². The van der Waals surface area contributed by atoms with Gasteiger partial charge in [-0.3, -0.25) is 4.79 Å². The lowest BCUT2D eigenvalue weighted by Gasteiger charge is -2.10. The second kappa shape index (κ2) is 5.31. The highest BCUT2D eigenvalue weighted by Gasteiger charge is 2.06. The van der Waals surface area contributed by atoms with Crippen molar-refractivity contribution < 1.29 is 0 Å². The second-order valence-corrected chi connectivity index (χ2v) is 4.61. The average molecular weight is 341 g/mol. The zero-order chi connectivity index (χ0) is 12.3. The number of nitrogens with zero attached hydrogens (tertiary/aromatic N) is 1. The molecule has 0 amide bonds. The molecule has 5 heteroatoms. The van der Waals surface area contributed by atoms with Crippen molar-refractivity contribution in [1.29, 1.82) is 0 Å². The van der Waals surface area contributed by atoms with Gasteiger partial charge in [0.2, 0.25) is 0 Å². The summed E-state index contributed by atoms with van der Waals surface area (Å²) in [5.41, 5.74) is 2.06. The average Bonchev–Trinajstić information content (AvgIpc) is 2.35. The van der Waals surface area contributed by atoms with E-state index in [-0.39, 0.29) is 5.56 Å². The van der Waals surface area contributed by atoms with E-state index in [1.54, 1.807) is 0 Å². The van der Waals surface area contributed by atoms with E-state index in [0.717, 1.165) is 12.1 Å². The predicted molar refractivity (Wildman–Crippen MR) is 76.7 cm³/mol. The van der Waals surface area contributed by atoms with Crippen molar-refractivity contribution in [3.05, 3.63) is 50.1 Å². The Labute approximate surface area is 113 Å². The maximum atomic E-state index is 11.4. The van der Waals surface area contributed by atoms with Crippen molar-refractivity contribution in [1.82, 2.24) is 9.97 Å². The number of aromatic amines is 1. The zero-order valence-electron chi connectivity index (χ0n) is 9.33. The highest BCUT2D eigenvalue weighted by Crippen LogP contribution is 2.21. The lowest BCUT2D eigenvalue weighted by atomic mass is 10.1. The van der Waals surface area contributed by atoms with Crippen LogP contribution < -0.4 is 10.9 Å². The highest BCUT2D eigenvalue weighted by atomic mass is 127. The Kier molecular flexibility index (Phi) is 3.78. The molecule has 0 radical (unpaired) electrons. The van der Waals surface area contributed by atoms with Gasteiger partial charge in [-0.1, -0.05) is 25.1 Å². The minimum atomic E-state index is -0.128. The van der Waals surface area contributed by atoms with Crippen LogP contribution >= 0.6 is 22.6 Å². The van der Waals surface area contributed by atoms with Gasteiger partial charge in [-0.05, 0) is 40.6 Å². The standard InChI is InChI=1S/C12H12IN3O/c1-2-8-5-3-4-6-9(8)16-11-10(13)12(17)15-7-14-11/h3-7H,2H2,1H3,(H2,14,15,16,17). The minimum Gasteiger partial charge on any atom is -0.339 e. The molecular formula is C12H12IN3O. The topological polar surface area (TPSA) is 57.8 Å². The highest BCUT2D eigenvalue weighted by molar-refractivity contribution is 14.1. The van der Waals surface area contributed by atoms with Gasteiger partial charge in [0.1, 0.15) is 3.57 Å². The van der Waals surface area contributed by atoms with Gasteiger partial charge in [-0.2, -0.15) is 0 Å². The first-order valence-electron chi connectivity index (χ1n) is 5.30. The number of nitrogens with one attached hydrogen (secondary N) is 2. The molecule has 4 nitrogen and oxygen atoms in total. The van der Waals surface area contributed by atoms with Crippen LogP contribution in [0.4, 0.5) is 11.5 Å². The van der Waals surface area contributed by atoms with Gasteiger partial charge >= 0.3 is 0 Å². The van der Waals surface area contributed by atoms with Crippen LogP contribution in [0, 0.1) is 3.57 Å². The molecule has 2 aromatic rings. The van der Waals surface area contributed by atoms with Crippen LogP contribution in [0.15, 0.2) is 35.4 Å². The molecule has 0 saturated carbocycles. The maximum absolute atomic E-state index is 11.4. The Morgan fingerprint density at radius 1 is 1.41 bits per heavy atom. The van der Waals surface area contributed by atoms with E-state index in [4.69, 9.17) is 0 Å². The molecule has 0 atom stereocenters. The number of hydrogen-bond acceptors (Lipinski definition) is 3. The lowest BCUT2D eigenvalue weighted by Crippen LogP contribution is -2.13. The fraction of sp³-hybridized carbons (Fsp3) is 0.167. The summed E-state index contributed by atoms with van der Waals surface area (Å²) in [6.45, 7) is 2.09. The van der Waals surface area contributed by atoms with Crippen molar-refractivity contribution in [2.45, 2.75) is 13.3 Å². The number of halogens is 1. The smallest absolute Gasteiger partial charge is 0.266 e. The fourth-order valence-corrected chi connectivity index (χ4v) is 1.98. The number of anilines is 2. The Morgan fingerprint density at radius 3 is 2.94 bits per heavy atom. The third kappa shape index (κ3) is 2.66. The van der Waals surface area contributed by atoms with Crippen LogP contribution in [-0.4, -0.2) is 9.97 Å². The van der Waals surface area contributed by atoms with Crippen molar-refractivity contribution in [3.63, 3.8) is 0 Å². The molecule has 1 aromatic carbocycles. The first kappa shape index (κ1) is 12.1. The van der Waals surface area contributed by atoms with Crippen molar-refractivity contribution in [3.8, 4) is 0 Å². The monoisotopic (exact) mass is 341 g/mol. The van der Waals surface area contributed by atoms with E-state index in [1.807, 2.05) is 40.8 Å². The molecule has 0 unspecified atom stereocenters. The third-order valence-electron chi connectivity index (χ3n) is 2.45. The number of benzene rings is 1. The fourth-order valence-electron chi connectivity index (χ4n) is 1.55. The molecule has 0 aliphatic carbocycles. The molecule has 17 heavy (non-hydrogen) atoms. The first-order chi connectivity index (χ1) is 8.22. The van der Waals surface area contributed by atoms with E-state index in [9.17, 15) is 4.79 Å². The number of H-pyrrole nitrogens is 1. The summed E-state index contributed by atoms with van der Waals surface area (Å²) in [6, 6.07) is 8.00. The summed E-state index contributed by atoms with van der Waals surface area (Å²) < 4.78 is 0.566. The van der Waals surface area contributed by atoms with Crippen LogP contribution in [-0.2, 0) is 6.42 Å². The Balaban J connectivity index is 2.38. The molecule has 0 aliphatic rings. The summed E-state index contributed by atoms with van der Waals surface area (Å²) in [7, 11) is 0. The Hall–Kier alpha value is -1.37. The van der Waals surface area contributed by atoms with E-state index in [2.05, 4.69) is 28.3 Å². The molecule has 1 heterocycles. The van der Waals surface area contributed by atoms with E-state index >= 15 is 0 Å². The Morgan fingerprint density at radius 2 is 2.18 bits per heavy atom. The second-order valence-electron chi connectivity index (χ2n) is 3.53. The summed E-state index contributed by atoms with van der Waals surface area (Å²) in [5, 5.41) is 3.19. The molecule has 0 spiro atoms. The van der Waals surface area contributed by atoms with Crippen LogP contribution in [0.3, 0.4) is 0 Å². The molecule has 0 fully saturated rings. The van der Waals surface area contributed by atoms with Gasteiger partial charge in [0.05, 0.1) is 6.33 Å². The molecule has 2 rings (SSSR count). The summed E-state index contributed by atoms with van der Waals surface area (Å²) in [6.07, 6.45) is 2.34. The van der Waals surface area contributed by atoms with Crippen LogP contribution in [0.25, 0.3) is 0 Å². The number of rotatable bonds is 3. The van der Waals surface area contributed by atoms with Gasteiger partial charge in [0.25, 0.3) is 5.56 Å². The molecule has 1 aromatic heterocycles. The number of aromatic nitrogens is 2. The minimum absolute atomic E-state index is 0.128. The van der Waals surface area contributed by atoms with Gasteiger partial charge < -0.3 is 10.3 Å². The van der Waals surface area contributed by atoms with Gasteiger partial charge in [0.15, 0.2) is 5.82 Å². The quantitative estimate of drug-likeness (QED) is 0.844. The van der Waals surface area contributed by atoms with Crippen molar-refractivity contribution in [2.75, 3.05) is 5.32 Å². The Bertz CT molecular complexity index is 580.